The third-order valence-corrected chi connectivity index (χ3v) is 3.20. The smallest absolute Gasteiger partial charge is 0.173 e. The van der Waals surface area contributed by atoms with Crippen LogP contribution in [0.4, 0.5) is 0 Å². The largest absolute Gasteiger partial charge is 0.394 e. The maximum absolute atomic E-state index is 9.96. The van der Waals surface area contributed by atoms with Crippen molar-refractivity contribution >= 4 is 11.2 Å². The minimum Gasteiger partial charge on any atom is -0.394 e. The van der Waals surface area contributed by atoms with Gasteiger partial charge >= 0.3 is 0 Å². The van der Waals surface area contributed by atoms with Crippen LogP contribution in [-0.2, 0) is 4.74 Å². The number of hydrogen-bond donors (Lipinski definition) is 5. The average molecular weight is 267 g/mol. The molecule has 1 fully saturated rings. The van der Waals surface area contributed by atoms with Crippen LogP contribution in [0, 0.1) is 5.41 Å². The van der Waals surface area contributed by atoms with Gasteiger partial charge in [-0.2, -0.15) is 0 Å². The highest BCUT2D eigenvalue weighted by Gasteiger charge is 2.43. The van der Waals surface area contributed by atoms with E-state index in [1.807, 2.05) is 0 Å². The lowest BCUT2D eigenvalue weighted by molar-refractivity contribution is -0.0515. The van der Waals surface area contributed by atoms with E-state index in [0.29, 0.717) is 11.2 Å². The zero-order valence-corrected chi connectivity index (χ0v) is 9.76. The molecule has 0 aliphatic carbocycles. The number of aliphatic hydroxyl groups excluding tert-OH is 3. The second-order valence-corrected chi connectivity index (χ2v) is 4.33. The summed E-state index contributed by atoms with van der Waals surface area (Å²) in [7, 11) is 0. The van der Waals surface area contributed by atoms with Gasteiger partial charge in [0, 0.05) is 0 Å². The van der Waals surface area contributed by atoms with Crippen LogP contribution in [0.1, 0.15) is 6.23 Å². The molecule has 2 aromatic rings. The molecular weight excluding hydrogens is 254 g/mol. The monoisotopic (exact) mass is 267 g/mol. The normalized spacial score (nSPS) is 31.1. The van der Waals surface area contributed by atoms with Gasteiger partial charge in [-0.1, -0.05) is 0 Å². The molecular formula is C10H13N5O4. The van der Waals surface area contributed by atoms with Crippen LogP contribution >= 0.6 is 0 Å². The Balaban J connectivity index is 2.08. The maximum atomic E-state index is 9.96. The van der Waals surface area contributed by atoms with Gasteiger partial charge in [0.25, 0.3) is 0 Å². The van der Waals surface area contributed by atoms with Crippen LogP contribution in [0.2, 0.25) is 0 Å². The number of aromatic amines is 1. The summed E-state index contributed by atoms with van der Waals surface area (Å²) in [6.07, 6.45) is -1.45. The summed E-state index contributed by atoms with van der Waals surface area (Å²) in [5.74, 6) is 0. The van der Waals surface area contributed by atoms with Gasteiger partial charge in [0.1, 0.15) is 30.2 Å². The van der Waals surface area contributed by atoms with E-state index >= 15 is 0 Å². The number of fused-ring (bicyclic) bond motifs is 1. The Kier molecular flexibility index (Phi) is 2.82. The van der Waals surface area contributed by atoms with Crippen molar-refractivity contribution in [2.45, 2.75) is 24.5 Å². The number of nitrogens with one attached hydrogen (secondary N) is 2. The van der Waals surface area contributed by atoms with Crippen LogP contribution in [0.25, 0.3) is 11.2 Å². The molecule has 3 rings (SSSR count). The fourth-order valence-corrected chi connectivity index (χ4v) is 2.19. The van der Waals surface area contributed by atoms with Crippen LogP contribution in [-0.4, -0.2) is 59.8 Å². The SMILES string of the molecule is N=c1ncn([C@@H]2O[C@H](CO)[C@@H](O)[C@H]2O)c2nc[nH]c12. The highest BCUT2D eigenvalue weighted by Crippen LogP contribution is 2.30. The number of rotatable bonds is 2. The van der Waals surface area contributed by atoms with E-state index in [1.54, 1.807) is 0 Å². The molecule has 1 saturated heterocycles. The van der Waals surface area contributed by atoms with E-state index in [-0.39, 0.29) is 5.49 Å². The lowest BCUT2D eigenvalue weighted by Crippen LogP contribution is -2.33. The van der Waals surface area contributed by atoms with Crippen molar-refractivity contribution in [1.29, 1.82) is 5.41 Å². The van der Waals surface area contributed by atoms with Crippen molar-refractivity contribution in [1.82, 2.24) is 19.5 Å². The first-order valence-electron chi connectivity index (χ1n) is 5.70. The lowest BCUT2D eigenvalue weighted by atomic mass is 10.1. The molecule has 2 aromatic heterocycles. The molecule has 0 radical (unpaired) electrons. The Hall–Kier alpha value is -1.81. The molecule has 4 atom stereocenters. The molecule has 0 saturated carbocycles. The Morgan fingerprint density at radius 3 is 2.84 bits per heavy atom. The molecule has 0 unspecified atom stereocenters. The van der Waals surface area contributed by atoms with Gasteiger partial charge in [0.2, 0.25) is 0 Å². The Bertz CT molecular complexity index is 653. The van der Waals surface area contributed by atoms with Crippen LogP contribution in [0.15, 0.2) is 12.7 Å². The predicted molar refractivity (Wildman–Crippen MR) is 60.7 cm³/mol. The molecule has 1 aliphatic rings. The standard InChI is InChI=1S/C10H13N5O4/c11-8-5-9(13-2-12-5)15(3-14-8)10-7(18)6(17)4(1-16)19-10/h2-4,6-7,10-11,16-18H,1H2,(H,12,13)/t4-,6-,7-,10-/m1/s1. The van der Waals surface area contributed by atoms with Gasteiger partial charge in [-0.3, -0.25) is 9.98 Å². The Labute approximate surface area is 106 Å². The molecule has 9 nitrogen and oxygen atoms in total. The first-order valence-corrected chi connectivity index (χ1v) is 5.70. The molecule has 102 valence electrons. The van der Waals surface area contributed by atoms with Crippen molar-refractivity contribution in [3.8, 4) is 0 Å². The molecule has 0 amide bonds. The molecule has 9 heteroatoms. The van der Waals surface area contributed by atoms with Crippen LogP contribution in [0.5, 0.6) is 0 Å². The fraction of sp³-hybridized carbons (Fsp3) is 0.500. The third kappa shape index (κ3) is 1.75. The minimum absolute atomic E-state index is 0.0236. The van der Waals surface area contributed by atoms with E-state index < -0.39 is 31.1 Å². The number of ether oxygens (including phenoxy) is 1. The summed E-state index contributed by atoms with van der Waals surface area (Å²) in [6.45, 7) is -0.400. The topological polar surface area (TPSA) is 140 Å². The van der Waals surface area contributed by atoms with Crippen molar-refractivity contribution in [2.24, 2.45) is 0 Å². The molecule has 1 aliphatic heterocycles. The second kappa shape index (κ2) is 4.38. The van der Waals surface area contributed by atoms with Crippen molar-refractivity contribution in [3.05, 3.63) is 18.1 Å². The van der Waals surface area contributed by atoms with E-state index in [2.05, 4.69) is 15.0 Å². The van der Waals surface area contributed by atoms with Gasteiger partial charge < -0.3 is 25.0 Å². The number of aromatic nitrogens is 4. The minimum atomic E-state index is -1.21. The number of aliphatic hydroxyl groups is 3. The molecule has 3 heterocycles. The number of H-pyrrole nitrogens is 1. The summed E-state index contributed by atoms with van der Waals surface area (Å²) in [5.41, 5.74) is 0.811. The third-order valence-electron chi connectivity index (χ3n) is 3.20. The van der Waals surface area contributed by atoms with Gasteiger partial charge in [-0.15, -0.1) is 0 Å². The predicted octanol–water partition coefficient (Wildman–Crippen LogP) is -2.15. The zero-order valence-electron chi connectivity index (χ0n) is 9.76. The van der Waals surface area contributed by atoms with Crippen molar-refractivity contribution < 1.29 is 20.1 Å². The second-order valence-electron chi connectivity index (χ2n) is 4.33. The number of hydrogen-bond acceptors (Lipinski definition) is 7. The highest BCUT2D eigenvalue weighted by atomic mass is 16.6. The lowest BCUT2D eigenvalue weighted by Gasteiger charge is -2.18. The zero-order chi connectivity index (χ0) is 13.6. The molecule has 0 aromatic carbocycles. The number of imidazole rings is 1. The van der Waals surface area contributed by atoms with E-state index in [4.69, 9.17) is 15.3 Å². The Morgan fingerprint density at radius 1 is 1.37 bits per heavy atom. The van der Waals surface area contributed by atoms with Crippen LogP contribution in [0.3, 0.4) is 0 Å². The maximum Gasteiger partial charge on any atom is 0.173 e. The summed E-state index contributed by atoms with van der Waals surface area (Å²) in [4.78, 5) is 10.7. The van der Waals surface area contributed by atoms with E-state index in [0.717, 1.165) is 0 Å². The molecule has 5 N–H and O–H groups in total. The van der Waals surface area contributed by atoms with Crippen molar-refractivity contribution in [2.75, 3.05) is 6.61 Å². The first kappa shape index (κ1) is 12.2. The van der Waals surface area contributed by atoms with Crippen molar-refractivity contribution in [3.63, 3.8) is 0 Å². The summed E-state index contributed by atoms with van der Waals surface area (Å²) < 4.78 is 6.82. The quantitative estimate of drug-likeness (QED) is 0.420. The van der Waals surface area contributed by atoms with Gasteiger partial charge in [-0.25, -0.2) is 9.97 Å². The summed E-state index contributed by atoms with van der Waals surface area (Å²) in [5, 5.41) is 36.4. The summed E-state index contributed by atoms with van der Waals surface area (Å²) in [6, 6.07) is 0. The van der Waals surface area contributed by atoms with E-state index in [1.165, 1.54) is 17.2 Å². The van der Waals surface area contributed by atoms with E-state index in [9.17, 15) is 10.2 Å². The number of nitrogens with zero attached hydrogens (tertiary/aromatic N) is 3. The highest BCUT2D eigenvalue weighted by molar-refractivity contribution is 5.68. The van der Waals surface area contributed by atoms with Gasteiger partial charge in [0.05, 0.1) is 12.9 Å². The Morgan fingerprint density at radius 2 is 2.16 bits per heavy atom. The fourth-order valence-electron chi connectivity index (χ4n) is 2.19. The van der Waals surface area contributed by atoms with Gasteiger partial charge in [0.15, 0.2) is 17.4 Å². The van der Waals surface area contributed by atoms with Crippen LogP contribution < -0.4 is 5.49 Å². The molecule has 0 bridgehead atoms. The summed E-state index contributed by atoms with van der Waals surface area (Å²) >= 11 is 0. The first-order chi connectivity index (χ1) is 9.13. The molecule has 19 heavy (non-hydrogen) atoms. The average Bonchev–Trinajstić information content (AvgIpc) is 2.99. The molecule has 0 spiro atoms. The van der Waals surface area contributed by atoms with Gasteiger partial charge in [-0.05, 0) is 0 Å².